The van der Waals surface area contributed by atoms with Crippen molar-refractivity contribution in [2.45, 2.75) is 12.8 Å². The first-order chi connectivity index (χ1) is 13.2. The van der Waals surface area contributed by atoms with Crippen LogP contribution < -0.4 is 9.64 Å². The van der Waals surface area contributed by atoms with E-state index in [2.05, 4.69) is 0 Å². The Morgan fingerprint density at radius 2 is 1.52 bits per heavy atom. The molecular formula is C22H27N2O3+. The van der Waals surface area contributed by atoms with Crippen molar-refractivity contribution in [3.63, 3.8) is 0 Å². The highest BCUT2D eigenvalue weighted by Crippen LogP contribution is 2.08. The third-order valence-electron chi connectivity index (χ3n) is 4.95. The Kier molecular flexibility index (Phi) is 6.99. The molecule has 1 aliphatic heterocycles. The lowest BCUT2D eigenvalue weighted by Crippen LogP contribution is -3.15. The second kappa shape index (κ2) is 9.88. The van der Waals surface area contributed by atoms with Crippen molar-refractivity contribution in [2.75, 3.05) is 39.3 Å². The van der Waals surface area contributed by atoms with Gasteiger partial charge in [0.1, 0.15) is 18.9 Å². The van der Waals surface area contributed by atoms with E-state index >= 15 is 0 Å². The molecule has 2 aromatic carbocycles. The fourth-order valence-corrected chi connectivity index (χ4v) is 3.30. The maximum absolute atomic E-state index is 12.4. The quantitative estimate of drug-likeness (QED) is 0.719. The monoisotopic (exact) mass is 367 g/mol. The van der Waals surface area contributed by atoms with Crippen LogP contribution in [0.2, 0.25) is 0 Å². The first kappa shape index (κ1) is 19.1. The Morgan fingerprint density at radius 3 is 2.19 bits per heavy atom. The third kappa shape index (κ3) is 5.93. The molecule has 0 saturated carbocycles. The number of hydrogen-bond acceptors (Lipinski definition) is 3. The maximum Gasteiger partial charge on any atom is 0.223 e. The van der Waals surface area contributed by atoms with E-state index in [1.807, 2.05) is 53.4 Å². The summed E-state index contributed by atoms with van der Waals surface area (Å²) in [6, 6.07) is 19.0. The van der Waals surface area contributed by atoms with E-state index in [4.69, 9.17) is 4.74 Å². The summed E-state index contributed by atoms with van der Waals surface area (Å²) in [5, 5.41) is 0. The van der Waals surface area contributed by atoms with Gasteiger partial charge in [0, 0.05) is 18.4 Å². The maximum atomic E-state index is 12.4. The molecule has 1 fully saturated rings. The van der Waals surface area contributed by atoms with Crippen molar-refractivity contribution in [1.82, 2.24) is 4.90 Å². The van der Waals surface area contributed by atoms with Crippen LogP contribution in [0.5, 0.6) is 5.75 Å². The number of piperazine rings is 1. The van der Waals surface area contributed by atoms with E-state index in [1.54, 1.807) is 12.1 Å². The number of Topliss-reactive ketones (excluding diaryl/α,β-unsaturated/α-hetero) is 1. The number of para-hydroxylation sites is 1. The van der Waals surface area contributed by atoms with Crippen LogP contribution in [-0.4, -0.2) is 55.9 Å². The van der Waals surface area contributed by atoms with E-state index in [-0.39, 0.29) is 18.1 Å². The largest absolute Gasteiger partial charge is 0.488 e. The van der Waals surface area contributed by atoms with Crippen molar-refractivity contribution < 1.29 is 19.2 Å². The number of carbonyl (C=O) groups is 2. The molecule has 3 rings (SSSR count). The molecule has 0 spiro atoms. The van der Waals surface area contributed by atoms with Gasteiger partial charge in [-0.3, -0.25) is 9.59 Å². The summed E-state index contributed by atoms with van der Waals surface area (Å²) in [4.78, 5) is 27.9. The first-order valence-corrected chi connectivity index (χ1v) is 9.60. The highest BCUT2D eigenvalue weighted by Gasteiger charge is 2.23. The molecule has 0 aliphatic carbocycles. The van der Waals surface area contributed by atoms with Gasteiger partial charge in [-0.15, -0.1) is 0 Å². The summed E-state index contributed by atoms with van der Waals surface area (Å²) in [5.74, 6) is 1.01. The summed E-state index contributed by atoms with van der Waals surface area (Å²) in [6.45, 7) is 4.97. The Hall–Kier alpha value is -2.66. The number of ether oxygens (including phenoxy) is 1. The molecule has 0 bridgehead atoms. The normalized spacial score (nSPS) is 14.7. The lowest BCUT2D eigenvalue weighted by Gasteiger charge is -2.32. The lowest BCUT2D eigenvalue weighted by molar-refractivity contribution is -0.904. The number of amides is 1. The van der Waals surface area contributed by atoms with Crippen LogP contribution in [0.3, 0.4) is 0 Å². The smallest absolute Gasteiger partial charge is 0.223 e. The number of nitrogens with zero attached hydrogens (tertiary/aromatic N) is 1. The van der Waals surface area contributed by atoms with Crippen molar-refractivity contribution in [3.8, 4) is 5.75 Å². The van der Waals surface area contributed by atoms with Crippen LogP contribution in [-0.2, 0) is 4.79 Å². The number of nitrogens with one attached hydrogen (secondary N) is 1. The topological polar surface area (TPSA) is 51.0 Å². The number of carbonyl (C=O) groups excluding carboxylic acids is 2. The molecule has 27 heavy (non-hydrogen) atoms. The molecule has 1 aliphatic rings. The molecule has 1 N–H and O–H groups in total. The number of benzene rings is 2. The molecule has 1 saturated heterocycles. The highest BCUT2D eigenvalue weighted by atomic mass is 16.5. The highest BCUT2D eigenvalue weighted by molar-refractivity contribution is 5.97. The van der Waals surface area contributed by atoms with Crippen LogP contribution in [0.4, 0.5) is 0 Å². The van der Waals surface area contributed by atoms with Gasteiger partial charge in [0.15, 0.2) is 5.78 Å². The van der Waals surface area contributed by atoms with Gasteiger partial charge in [-0.2, -0.15) is 0 Å². The minimum absolute atomic E-state index is 0.0336. The molecule has 142 valence electrons. The van der Waals surface area contributed by atoms with Gasteiger partial charge < -0.3 is 14.5 Å². The lowest BCUT2D eigenvalue weighted by atomic mass is 10.1. The van der Waals surface area contributed by atoms with E-state index in [1.165, 1.54) is 4.90 Å². The van der Waals surface area contributed by atoms with E-state index in [0.29, 0.717) is 18.6 Å². The second-order valence-electron chi connectivity index (χ2n) is 6.83. The van der Waals surface area contributed by atoms with Gasteiger partial charge in [-0.05, 0) is 12.1 Å². The van der Waals surface area contributed by atoms with Crippen molar-refractivity contribution in [3.05, 3.63) is 66.2 Å². The average Bonchev–Trinajstić information content (AvgIpc) is 2.73. The molecule has 5 nitrogen and oxygen atoms in total. The van der Waals surface area contributed by atoms with E-state index in [9.17, 15) is 9.59 Å². The van der Waals surface area contributed by atoms with Crippen LogP contribution in [0.1, 0.15) is 23.2 Å². The summed E-state index contributed by atoms with van der Waals surface area (Å²) >= 11 is 0. The van der Waals surface area contributed by atoms with E-state index in [0.717, 1.165) is 38.5 Å². The second-order valence-corrected chi connectivity index (χ2v) is 6.83. The predicted molar refractivity (Wildman–Crippen MR) is 104 cm³/mol. The molecule has 1 heterocycles. The summed E-state index contributed by atoms with van der Waals surface area (Å²) < 4.78 is 5.75. The van der Waals surface area contributed by atoms with E-state index < -0.39 is 0 Å². The summed E-state index contributed by atoms with van der Waals surface area (Å²) in [6.07, 6.45) is 0.570. The Balaban J connectivity index is 1.33. The fraction of sp³-hybridized carbons (Fsp3) is 0.364. The fourth-order valence-electron chi connectivity index (χ4n) is 3.30. The van der Waals surface area contributed by atoms with Gasteiger partial charge in [-0.25, -0.2) is 0 Å². The SMILES string of the molecule is O=C(CCC(=O)N1CC[NH+](CCOc2ccccc2)CC1)c1ccccc1. The Bertz CT molecular complexity index is 726. The first-order valence-electron chi connectivity index (χ1n) is 9.60. The molecule has 0 atom stereocenters. The zero-order valence-corrected chi connectivity index (χ0v) is 15.6. The van der Waals surface area contributed by atoms with Crippen molar-refractivity contribution in [2.24, 2.45) is 0 Å². The molecule has 0 radical (unpaired) electrons. The number of rotatable bonds is 8. The third-order valence-corrected chi connectivity index (χ3v) is 4.95. The minimum atomic E-state index is 0.0336. The van der Waals surface area contributed by atoms with Crippen LogP contribution in [0, 0.1) is 0 Å². The number of ketones is 1. The van der Waals surface area contributed by atoms with Gasteiger partial charge in [0.05, 0.1) is 26.2 Å². The van der Waals surface area contributed by atoms with Crippen LogP contribution >= 0.6 is 0 Å². The van der Waals surface area contributed by atoms with Gasteiger partial charge in [0.2, 0.25) is 5.91 Å². The standard InChI is InChI=1S/C22H26N2O3/c25-21(19-7-3-1-4-8-19)11-12-22(26)24-15-13-23(14-16-24)17-18-27-20-9-5-2-6-10-20/h1-10H,11-18H2/p+1. The summed E-state index contributed by atoms with van der Waals surface area (Å²) in [5.41, 5.74) is 0.679. The van der Waals surface area contributed by atoms with Gasteiger partial charge in [0.25, 0.3) is 0 Å². The summed E-state index contributed by atoms with van der Waals surface area (Å²) in [7, 11) is 0. The van der Waals surface area contributed by atoms with Gasteiger partial charge in [-0.1, -0.05) is 48.5 Å². The predicted octanol–water partition coefficient (Wildman–Crippen LogP) is 1.46. The van der Waals surface area contributed by atoms with Gasteiger partial charge >= 0.3 is 0 Å². The minimum Gasteiger partial charge on any atom is -0.488 e. The molecule has 5 heteroatoms. The molecule has 1 amide bonds. The van der Waals surface area contributed by atoms with Crippen LogP contribution in [0.15, 0.2) is 60.7 Å². The Morgan fingerprint density at radius 1 is 0.889 bits per heavy atom. The molecular weight excluding hydrogens is 340 g/mol. The molecule has 2 aromatic rings. The zero-order chi connectivity index (χ0) is 18.9. The van der Waals surface area contributed by atoms with Crippen molar-refractivity contribution >= 4 is 11.7 Å². The van der Waals surface area contributed by atoms with Crippen LogP contribution in [0.25, 0.3) is 0 Å². The number of quaternary nitrogens is 1. The molecule has 0 unspecified atom stereocenters. The average molecular weight is 367 g/mol. The molecule has 0 aromatic heterocycles. The number of hydrogen-bond donors (Lipinski definition) is 1. The van der Waals surface area contributed by atoms with Crippen molar-refractivity contribution in [1.29, 1.82) is 0 Å². The Labute approximate surface area is 160 Å². The zero-order valence-electron chi connectivity index (χ0n) is 15.6.